The maximum atomic E-state index is 12.6. The SMILES string of the molecule is Cc1cc(C(=O)N2CCN(CC(=O)Nc3ccccc3)CC2)sc1C. The van der Waals surface area contributed by atoms with Crippen LogP contribution in [0.15, 0.2) is 36.4 Å². The van der Waals surface area contributed by atoms with Crippen LogP contribution in [-0.2, 0) is 4.79 Å². The van der Waals surface area contributed by atoms with Crippen LogP contribution in [0.1, 0.15) is 20.1 Å². The summed E-state index contributed by atoms with van der Waals surface area (Å²) in [6.07, 6.45) is 0. The van der Waals surface area contributed by atoms with E-state index in [1.165, 1.54) is 10.4 Å². The molecule has 1 aliphatic rings. The smallest absolute Gasteiger partial charge is 0.264 e. The number of piperazine rings is 1. The number of thiophene rings is 1. The van der Waals surface area contributed by atoms with Gasteiger partial charge >= 0.3 is 0 Å². The molecule has 1 N–H and O–H groups in total. The van der Waals surface area contributed by atoms with Gasteiger partial charge in [0, 0.05) is 36.7 Å². The van der Waals surface area contributed by atoms with Crippen LogP contribution in [-0.4, -0.2) is 54.3 Å². The Balaban J connectivity index is 1.48. The van der Waals surface area contributed by atoms with Gasteiger partial charge < -0.3 is 10.2 Å². The Hall–Kier alpha value is -2.18. The van der Waals surface area contributed by atoms with Crippen molar-refractivity contribution in [2.24, 2.45) is 0 Å². The van der Waals surface area contributed by atoms with Crippen molar-refractivity contribution in [2.45, 2.75) is 13.8 Å². The molecule has 25 heavy (non-hydrogen) atoms. The Morgan fingerprint density at radius 1 is 1.08 bits per heavy atom. The quantitative estimate of drug-likeness (QED) is 0.915. The second-order valence-corrected chi connectivity index (χ2v) is 7.59. The summed E-state index contributed by atoms with van der Waals surface area (Å²) in [6.45, 7) is 7.19. The predicted octanol–water partition coefficient (Wildman–Crippen LogP) is 2.76. The van der Waals surface area contributed by atoms with E-state index in [0.29, 0.717) is 19.6 Å². The van der Waals surface area contributed by atoms with Crippen molar-refractivity contribution in [3.05, 3.63) is 51.7 Å². The molecule has 1 saturated heterocycles. The second-order valence-electron chi connectivity index (χ2n) is 6.33. The van der Waals surface area contributed by atoms with Gasteiger partial charge in [0.2, 0.25) is 5.91 Å². The largest absolute Gasteiger partial charge is 0.335 e. The summed E-state index contributed by atoms with van der Waals surface area (Å²) in [5.41, 5.74) is 1.98. The molecular weight excluding hydrogens is 334 g/mol. The third-order valence-corrected chi connectivity index (χ3v) is 5.60. The lowest BCUT2D eigenvalue weighted by Crippen LogP contribution is -2.50. The monoisotopic (exact) mass is 357 g/mol. The van der Waals surface area contributed by atoms with Crippen LogP contribution in [0.5, 0.6) is 0 Å². The molecule has 1 aliphatic heterocycles. The van der Waals surface area contributed by atoms with Gasteiger partial charge in [0.15, 0.2) is 0 Å². The lowest BCUT2D eigenvalue weighted by atomic mass is 10.2. The van der Waals surface area contributed by atoms with E-state index in [0.717, 1.165) is 23.7 Å². The Labute approximate surface area is 152 Å². The van der Waals surface area contributed by atoms with E-state index < -0.39 is 0 Å². The highest BCUT2D eigenvalue weighted by atomic mass is 32.1. The third-order valence-electron chi connectivity index (χ3n) is 4.46. The molecular formula is C19H23N3O2S. The topological polar surface area (TPSA) is 52.7 Å². The Bertz CT molecular complexity index is 730. The summed E-state index contributed by atoms with van der Waals surface area (Å²) in [7, 11) is 0. The number of hydrogen-bond acceptors (Lipinski definition) is 4. The highest BCUT2D eigenvalue weighted by Gasteiger charge is 2.24. The number of hydrogen-bond donors (Lipinski definition) is 1. The third kappa shape index (κ3) is 4.46. The molecule has 1 aromatic heterocycles. The molecule has 6 heteroatoms. The predicted molar refractivity (Wildman–Crippen MR) is 101 cm³/mol. The number of amides is 2. The van der Waals surface area contributed by atoms with Crippen LogP contribution in [0.25, 0.3) is 0 Å². The molecule has 1 aromatic carbocycles. The molecule has 0 atom stereocenters. The Kier molecular flexibility index (Phi) is 5.50. The molecule has 2 heterocycles. The average molecular weight is 357 g/mol. The van der Waals surface area contributed by atoms with Gasteiger partial charge in [0.1, 0.15) is 0 Å². The minimum atomic E-state index is -0.0181. The van der Waals surface area contributed by atoms with Crippen molar-refractivity contribution < 1.29 is 9.59 Å². The summed E-state index contributed by atoms with van der Waals surface area (Å²) in [6, 6.07) is 11.4. The van der Waals surface area contributed by atoms with Crippen molar-refractivity contribution in [2.75, 3.05) is 38.0 Å². The van der Waals surface area contributed by atoms with Crippen molar-refractivity contribution in [3.8, 4) is 0 Å². The van der Waals surface area contributed by atoms with Gasteiger partial charge in [-0.2, -0.15) is 0 Å². The van der Waals surface area contributed by atoms with Crippen molar-refractivity contribution in [1.82, 2.24) is 9.80 Å². The fourth-order valence-electron chi connectivity index (χ4n) is 2.87. The van der Waals surface area contributed by atoms with E-state index in [2.05, 4.69) is 10.2 Å². The average Bonchev–Trinajstić information content (AvgIpc) is 2.95. The molecule has 2 aromatic rings. The molecule has 2 amide bonds. The van der Waals surface area contributed by atoms with Crippen LogP contribution < -0.4 is 5.32 Å². The Morgan fingerprint density at radius 3 is 2.36 bits per heavy atom. The molecule has 1 fully saturated rings. The first kappa shape index (κ1) is 17.6. The first-order valence-corrected chi connectivity index (χ1v) is 9.28. The minimum absolute atomic E-state index is 0.0181. The molecule has 0 radical (unpaired) electrons. The molecule has 5 nitrogen and oxygen atoms in total. The number of anilines is 1. The highest BCUT2D eigenvalue weighted by molar-refractivity contribution is 7.14. The standard InChI is InChI=1S/C19H23N3O2S/c1-14-12-17(25-15(14)2)19(24)22-10-8-21(9-11-22)13-18(23)20-16-6-4-3-5-7-16/h3-7,12H,8-11,13H2,1-2H3,(H,20,23). The van der Waals surface area contributed by atoms with Gasteiger partial charge in [0.05, 0.1) is 11.4 Å². The molecule has 0 unspecified atom stereocenters. The zero-order valence-electron chi connectivity index (χ0n) is 14.6. The van der Waals surface area contributed by atoms with Gasteiger partial charge in [-0.3, -0.25) is 14.5 Å². The van der Waals surface area contributed by atoms with Crippen LogP contribution in [0, 0.1) is 13.8 Å². The number of carbonyl (C=O) groups is 2. The number of nitrogens with zero attached hydrogens (tertiary/aromatic N) is 2. The first-order valence-electron chi connectivity index (χ1n) is 8.46. The summed E-state index contributed by atoms with van der Waals surface area (Å²) >= 11 is 1.56. The van der Waals surface area contributed by atoms with Crippen LogP contribution >= 0.6 is 11.3 Å². The molecule has 0 aliphatic carbocycles. The van der Waals surface area contributed by atoms with E-state index in [4.69, 9.17) is 0 Å². The summed E-state index contributed by atoms with van der Waals surface area (Å²) in [4.78, 5) is 30.7. The van der Waals surface area contributed by atoms with Gasteiger partial charge in [-0.1, -0.05) is 18.2 Å². The zero-order valence-corrected chi connectivity index (χ0v) is 15.4. The normalized spacial score (nSPS) is 15.2. The van der Waals surface area contributed by atoms with Crippen LogP contribution in [0.3, 0.4) is 0 Å². The van der Waals surface area contributed by atoms with Crippen LogP contribution in [0.2, 0.25) is 0 Å². The molecule has 132 valence electrons. The van der Waals surface area contributed by atoms with Gasteiger partial charge in [0.25, 0.3) is 5.91 Å². The van der Waals surface area contributed by atoms with Crippen LogP contribution in [0.4, 0.5) is 5.69 Å². The zero-order chi connectivity index (χ0) is 17.8. The number of para-hydroxylation sites is 1. The minimum Gasteiger partial charge on any atom is -0.335 e. The van der Waals surface area contributed by atoms with E-state index >= 15 is 0 Å². The van der Waals surface area contributed by atoms with E-state index in [-0.39, 0.29) is 11.8 Å². The molecule has 0 spiro atoms. The van der Waals surface area contributed by atoms with Crippen molar-refractivity contribution in [1.29, 1.82) is 0 Å². The molecule has 3 rings (SSSR count). The summed E-state index contributed by atoms with van der Waals surface area (Å²) < 4.78 is 0. The lowest BCUT2D eigenvalue weighted by molar-refractivity contribution is -0.117. The lowest BCUT2D eigenvalue weighted by Gasteiger charge is -2.34. The Morgan fingerprint density at radius 2 is 1.76 bits per heavy atom. The maximum absolute atomic E-state index is 12.6. The molecule has 0 saturated carbocycles. The second kappa shape index (κ2) is 7.80. The number of nitrogens with one attached hydrogen (secondary N) is 1. The van der Waals surface area contributed by atoms with E-state index in [1.54, 1.807) is 11.3 Å². The van der Waals surface area contributed by atoms with Crippen molar-refractivity contribution in [3.63, 3.8) is 0 Å². The number of carbonyl (C=O) groups excluding carboxylic acids is 2. The summed E-state index contributed by atoms with van der Waals surface area (Å²) in [5, 5.41) is 2.90. The summed E-state index contributed by atoms with van der Waals surface area (Å²) in [5.74, 6) is 0.0880. The van der Waals surface area contributed by atoms with E-state index in [1.807, 2.05) is 55.1 Å². The highest BCUT2D eigenvalue weighted by Crippen LogP contribution is 2.22. The number of benzene rings is 1. The number of rotatable bonds is 4. The number of aryl methyl sites for hydroxylation is 2. The first-order chi connectivity index (χ1) is 12.0. The fourth-order valence-corrected chi connectivity index (χ4v) is 3.87. The molecule has 0 bridgehead atoms. The fraction of sp³-hybridized carbons (Fsp3) is 0.368. The van der Waals surface area contributed by atoms with Gasteiger partial charge in [-0.25, -0.2) is 0 Å². The van der Waals surface area contributed by atoms with E-state index in [9.17, 15) is 9.59 Å². The van der Waals surface area contributed by atoms with Gasteiger partial charge in [-0.05, 0) is 37.6 Å². The van der Waals surface area contributed by atoms with Crippen molar-refractivity contribution >= 4 is 28.8 Å². The van der Waals surface area contributed by atoms with Gasteiger partial charge in [-0.15, -0.1) is 11.3 Å². The maximum Gasteiger partial charge on any atom is 0.264 e.